The molecule has 0 fully saturated rings. The first kappa shape index (κ1) is 21.0. The highest BCUT2D eigenvalue weighted by Crippen LogP contribution is 2.48. The smallest absolute Gasteiger partial charge is 0.418 e. The molecule has 168 valence electrons. The van der Waals surface area contributed by atoms with E-state index in [0.717, 1.165) is 18.2 Å². The molecular formula is C22H12F6N4O. The van der Waals surface area contributed by atoms with E-state index in [1.165, 1.54) is 30.5 Å². The average molecular weight is 462 g/mol. The van der Waals surface area contributed by atoms with Gasteiger partial charge in [-0.3, -0.25) is 4.98 Å². The van der Waals surface area contributed by atoms with Gasteiger partial charge in [0.25, 0.3) is 0 Å². The highest BCUT2D eigenvalue weighted by Gasteiger charge is 2.35. The van der Waals surface area contributed by atoms with E-state index in [4.69, 9.17) is 4.74 Å². The normalized spacial score (nSPS) is 13.2. The van der Waals surface area contributed by atoms with Crippen LogP contribution >= 0.6 is 0 Å². The van der Waals surface area contributed by atoms with Crippen molar-refractivity contribution in [2.75, 3.05) is 5.32 Å². The molecule has 1 aromatic carbocycles. The van der Waals surface area contributed by atoms with Crippen LogP contribution in [0.25, 0.3) is 22.4 Å². The molecule has 3 aromatic heterocycles. The molecular weight excluding hydrogens is 450 g/mol. The van der Waals surface area contributed by atoms with E-state index >= 15 is 0 Å². The number of aryl methyl sites for hydroxylation is 1. The van der Waals surface area contributed by atoms with Gasteiger partial charge in [0.15, 0.2) is 17.1 Å². The highest BCUT2D eigenvalue weighted by molar-refractivity contribution is 5.98. The Kier molecular flexibility index (Phi) is 4.49. The fraction of sp³-hybridized carbons (Fsp3) is 0.136. The van der Waals surface area contributed by atoms with Crippen LogP contribution in [-0.2, 0) is 12.4 Å². The molecule has 11 heteroatoms. The van der Waals surface area contributed by atoms with E-state index in [-0.39, 0.29) is 28.5 Å². The minimum Gasteiger partial charge on any atom is -0.451 e. The van der Waals surface area contributed by atoms with Gasteiger partial charge in [0.1, 0.15) is 5.69 Å². The van der Waals surface area contributed by atoms with Crippen molar-refractivity contribution < 1.29 is 31.1 Å². The van der Waals surface area contributed by atoms with Crippen LogP contribution in [0.3, 0.4) is 0 Å². The van der Waals surface area contributed by atoms with E-state index in [2.05, 4.69) is 20.3 Å². The molecule has 1 aliphatic rings. The Morgan fingerprint density at radius 1 is 0.909 bits per heavy atom. The molecule has 0 aliphatic carbocycles. The van der Waals surface area contributed by atoms with Crippen LogP contribution in [0.5, 0.6) is 11.5 Å². The van der Waals surface area contributed by atoms with Gasteiger partial charge in [0, 0.05) is 11.6 Å². The summed E-state index contributed by atoms with van der Waals surface area (Å²) < 4.78 is 85.1. The number of nitrogens with one attached hydrogen (secondary N) is 1. The Bertz CT molecular complexity index is 1410. The predicted molar refractivity (Wildman–Crippen MR) is 107 cm³/mol. The van der Waals surface area contributed by atoms with Crippen LogP contribution in [0, 0.1) is 6.92 Å². The minimum absolute atomic E-state index is 0.0190. The molecule has 0 radical (unpaired) electrons. The van der Waals surface area contributed by atoms with Crippen LogP contribution < -0.4 is 10.1 Å². The Morgan fingerprint density at radius 2 is 1.70 bits per heavy atom. The molecule has 5 nitrogen and oxygen atoms in total. The van der Waals surface area contributed by atoms with E-state index in [1.807, 2.05) is 0 Å². The summed E-state index contributed by atoms with van der Waals surface area (Å²) in [7, 11) is 0. The van der Waals surface area contributed by atoms with E-state index < -0.39 is 23.5 Å². The fourth-order valence-corrected chi connectivity index (χ4v) is 3.59. The lowest BCUT2D eigenvalue weighted by Gasteiger charge is -2.25. The second kappa shape index (κ2) is 7.06. The molecule has 0 unspecified atom stereocenters. The second-order valence-electron chi connectivity index (χ2n) is 7.30. The third-order valence-electron chi connectivity index (χ3n) is 5.11. The topological polar surface area (TPSA) is 59.9 Å². The van der Waals surface area contributed by atoms with Crippen molar-refractivity contribution in [1.29, 1.82) is 0 Å². The zero-order chi connectivity index (χ0) is 23.5. The lowest BCUT2D eigenvalue weighted by Crippen LogP contribution is -2.10. The summed E-state index contributed by atoms with van der Waals surface area (Å²) in [4.78, 5) is 12.4. The van der Waals surface area contributed by atoms with Gasteiger partial charge in [0.05, 0.1) is 33.9 Å². The van der Waals surface area contributed by atoms with Crippen LogP contribution in [0.1, 0.15) is 16.8 Å². The van der Waals surface area contributed by atoms with Crippen molar-refractivity contribution in [2.45, 2.75) is 19.3 Å². The molecule has 0 amide bonds. The number of alkyl halides is 6. The highest BCUT2D eigenvalue weighted by atomic mass is 19.4. The summed E-state index contributed by atoms with van der Waals surface area (Å²) in [5.41, 5.74) is -1.00. The van der Waals surface area contributed by atoms with E-state index in [9.17, 15) is 26.3 Å². The number of hydrogen-bond donors (Lipinski definition) is 1. The maximum Gasteiger partial charge on any atom is 0.418 e. The Balaban J connectivity index is 1.62. The maximum atomic E-state index is 13.4. The number of hydrogen-bond acceptors (Lipinski definition) is 5. The Labute approximate surface area is 182 Å². The fourth-order valence-electron chi connectivity index (χ4n) is 3.59. The molecule has 1 N–H and O–H groups in total. The quantitative estimate of drug-likeness (QED) is 0.275. The molecule has 1 aliphatic heterocycles. The monoisotopic (exact) mass is 462 g/mol. The molecule has 0 saturated carbocycles. The van der Waals surface area contributed by atoms with Gasteiger partial charge in [-0.05, 0) is 49.4 Å². The number of nitrogens with zero attached hydrogens (tertiary/aromatic N) is 3. The average Bonchev–Trinajstić information content (AvgIpc) is 2.76. The summed E-state index contributed by atoms with van der Waals surface area (Å²) in [6.07, 6.45) is -7.91. The third-order valence-corrected chi connectivity index (χ3v) is 5.11. The predicted octanol–water partition coefficient (Wildman–Crippen LogP) is 6.89. The second-order valence-corrected chi connectivity index (χ2v) is 7.30. The van der Waals surface area contributed by atoms with Gasteiger partial charge in [0.2, 0.25) is 0 Å². The molecule has 0 spiro atoms. The summed E-state index contributed by atoms with van der Waals surface area (Å²) in [6.45, 7) is 1.56. The van der Waals surface area contributed by atoms with Crippen LogP contribution in [0.2, 0.25) is 0 Å². The zero-order valence-corrected chi connectivity index (χ0v) is 16.6. The lowest BCUT2D eigenvalue weighted by atomic mass is 10.1. The molecule has 0 saturated heterocycles. The van der Waals surface area contributed by atoms with Crippen LogP contribution in [0.4, 0.5) is 37.7 Å². The molecule has 33 heavy (non-hydrogen) atoms. The molecule has 4 heterocycles. The lowest BCUT2D eigenvalue weighted by molar-refractivity contribution is -0.138. The number of fused-ring (bicyclic) bond motifs is 4. The van der Waals surface area contributed by atoms with Gasteiger partial charge in [-0.15, -0.1) is 0 Å². The first-order valence-electron chi connectivity index (χ1n) is 9.52. The number of halogens is 6. The number of aromatic nitrogens is 3. The van der Waals surface area contributed by atoms with Gasteiger partial charge >= 0.3 is 12.4 Å². The largest absolute Gasteiger partial charge is 0.451 e. The third kappa shape index (κ3) is 3.59. The summed E-state index contributed by atoms with van der Waals surface area (Å²) in [6, 6.07) is 8.05. The summed E-state index contributed by atoms with van der Waals surface area (Å²) >= 11 is 0. The van der Waals surface area contributed by atoms with Crippen LogP contribution in [0.15, 0.2) is 48.7 Å². The van der Waals surface area contributed by atoms with Crippen LogP contribution in [-0.4, -0.2) is 15.0 Å². The van der Waals surface area contributed by atoms with Gasteiger partial charge in [-0.2, -0.15) is 26.3 Å². The SMILES string of the molecule is Cc1nc2nc(-c3ncccc3C(F)(F)F)ccc2c2c1Oc1cc(C(F)(F)F)ccc1N2. The Morgan fingerprint density at radius 3 is 2.42 bits per heavy atom. The van der Waals surface area contributed by atoms with Crippen molar-refractivity contribution >= 4 is 22.4 Å². The number of benzene rings is 1. The zero-order valence-electron chi connectivity index (χ0n) is 16.6. The van der Waals surface area contributed by atoms with Crippen molar-refractivity contribution in [3.05, 3.63) is 65.5 Å². The van der Waals surface area contributed by atoms with Crippen molar-refractivity contribution in [3.63, 3.8) is 0 Å². The summed E-state index contributed by atoms with van der Waals surface area (Å²) in [5.74, 6) is 0.187. The number of pyridine rings is 3. The minimum atomic E-state index is -4.62. The number of rotatable bonds is 1. The molecule has 0 atom stereocenters. The Hall–Kier alpha value is -3.89. The number of anilines is 2. The van der Waals surface area contributed by atoms with Crippen molar-refractivity contribution in [3.8, 4) is 22.9 Å². The van der Waals surface area contributed by atoms with Gasteiger partial charge < -0.3 is 10.1 Å². The maximum absolute atomic E-state index is 13.4. The van der Waals surface area contributed by atoms with Gasteiger partial charge in [-0.1, -0.05) is 0 Å². The van der Waals surface area contributed by atoms with Gasteiger partial charge in [-0.25, -0.2) is 9.97 Å². The first-order chi connectivity index (χ1) is 15.5. The van der Waals surface area contributed by atoms with Crippen molar-refractivity contribution in [2.24, 2.45) is 0 Å². The van der Waals surface area contributed by atoms with E-state index in [0.29, 0.717) is 22.5 Å². The molecule has 4 aromatic rings. The van der Waals surface area contributed by atoms with E-state index in [1.54, 1.807) is 6.92 Å². The van der Waals surface area contributed by atoms with Crippen molar-refractivity contribution in [1.82, 2.24) is 15.0 Å². The number of ether oxygens (including phenoxy) is 1. The standard InChI is InChI=1S/C22H12F6N4O/c1-10-19-17(31-14-6-4-11(21(23,24)25)9-16(14)33-19)12-5-7-15(32-20(12)30-10)18-13(22(26,27)28)3-2-8-29-18/h2-9,31H,1H3. The molecule has 0 bridgehead atoms. The molecule has 5 rings (SSSR count). The summed E-state index contributed by atoms with van der Waals surface area (Å²) in [5, 5.41) is 3.46. The first-order valence-corrected chi connectivity index (χ1v) is 9.52.